The largest absolute Gasteiger partial charge is 0.497 e. The first-order valence-electron chi connectivity index (χ1n) is 10.8. The van der Waals surface area contributed by atoms with E-state index in [-0.39, 0.29) is 30.3 Å². The van der Waals surface area contributed by atoms with Crippen molar-refractivity contribution >= 4 is 17.5 Å². The lowest BCUT2D eigenvalue weighted by Crippen LogP contribution is -2.44. The molecule has 172 valence electrons. The lowest BCUT2D eigenvalue weighted by atomic mass is 10.0. The van der Waals surface area contributed by atoms with Crippen LogP contribution in [0.5, 0.6) is 5.75 Å². The standard InChI is InChI=1S/C24H32N4O4/c1-17(2)24(30)27(13-14-31-4)16-23(29)28-22(18-8-10-19(32-5)11-9-18)15-20(25-28)21-7-6-12-26(21)3/h6-12,17,22H,13-16H2,1-5H3. The monoisotopic (exact) mass is 440 g/mol. The summed E-state index contributed by atoms with van der Waals surface area (Å²) in [5, 5.41) is 6.23. The highest BCUT2D eigenvalue weighted by molar-refractivity contribution is 6.02. The number of aromatic nitrogens is 1. The van der Waals surface area contributed by atoms with Gasteiger partial charge in [-0.1, -0.05) is 26.0 Å². The molecule has 32 heavy (non-hydrogen) atoms. The summed E-state index contributed by atoms with van der Waals surface area (Å²) in [6.45, 7) is 4.33. The van der Waals surface area contributed by atoms with Crippen LogP contribution in [0.1, 0.15) is 37.6 Å². The maximum atomic E-state index is 13.4. The maximum Gasteiger partial charge on any atom is 0.262 e. The molecular formula is C24H32N4O4. The number of carbonyl (C=O) groups is 2. The van der Waals surface area contributed by atoms with E-state index in [9.17, 15) is 9.59 Å². The quantitative estimate of drug-likeness (QED) is 0.601. The zero-order valence-electron chi connectivity index (χ0n) is 19.4. The third kappa shape index (κ3) is 5.19. The molecule has 0 radical (unpaired) electrons. The van der Waals surface area contributed by atoms with Crippen molar-refractivity contribution in [3.63, 3.8) is 0 Å². The molecule has 1 atom stereocenters. The minimum Gasteiger partial charge on any atom is -0.497 e. The van der Waals surface area contributed by atoms with Gasteiger partial charge < -0.3 is 18.9 Å². The van der Waals surface area contributed by atoms with Gasteiger partial charge >= 0.3 is 0 Å². The van der Waals surface area contributed by atoms with Crippen LogP contribution in [0.3, 0.4) is 0 Å². The van der Waals surface area contributed by atoms with Crippen molar-refractivity contribution in [3.8, 4) is 5.75 Å². The molecule has 1 aliphatic heterocycles. The van der Waals surface area contributed by atoms with Gasteiger partial charge in [-0.3, -0.25) is 9.59 Å². The van der Waals surface area contributed by atoms with Crippen molar-refractivity contribution in [1.29, 1.82) is 0 Å². The lowest BCUT2D eigenvalue weighted by molar-refractivity contribution is -0.143. The van der Waals surface area contributed by atoms with Gasteiger partial charge in [0.2, 0.25) is 5.91 Å². The molecule has 0 spiro atoms. The summed E-state index contributed by atoms with van der Waals surface area (Å²) in [6, 6.07) is 11.4. The van der Waals surface area contributed by atoms with Gasteiger partial charge in [0.15, 0.2) is 0 Å². The van der Waals surface area contributed by atoms with Gasteiger partial charge in [0.25, 0.3) is 5.91 Å². The second-order valence-corrected chi connectivity index (χ2v) is 8.19. The third-order valence-corrected chi connectivity index (χ3v) is 5.60. The summed E-state index contributed by atoms with van der Waals surface area (Å²) in [4.78, 5) is 27.6. The molecule has 0 saturated heterocycles. The Hall–Kier alpha value is -3.13. The van der Waals surface area contributed by atoms with Crippen LogP contribution in [0.15, 0.2) is 47.7 Å². The van der Waals surface area contributed by atoms with E-state index in [1.54, 1.807) is 19.1 Å². The van der Waals surface area contributed by atoms with E-state index in [4.69, 9.17) is 14.6 Å². The number of benzene rings is 1. The molecule has 1 aliphatic rings. The summed E-state index contributed by atoms with van der Waals surface area (Å²) < 4.78 is 12.4. The Kier molecular flexibility index (Phi) is 7.69. The first-order valence-corrected chi connectivity index (χ1v) is 10.8. The predicted molar refractivity (Wildman–Crippen MR) is 122 cm³/mol. The minimum atomic E-state index is -0.253. The number of rotatable bonds is 9. The van der Waals surface area contributed by atoms with Gasteiger partial charge in [-0.05, 0) is 29.8 Å². The summed E-state index contributed by atoms with van der Waals surface area (Å²) in [5.41, 5.74) is 2.77. The molecule has 1 aromatic carbocycles. The van der Waals surface area contributed by atoms with E-state index in [0.717, 1.165) is 22.7 Å². The number of ether oxygens (including phenoxy) is 2. The van der Waals surface area contributed by atoms with E-state index >= 15 is 0 Å². The minimum absolute atomic E-state index is 0.0447. The molecule has 3 rings (SSSR count). The number of amides is 2. The Bertz CT molecular complexity index is 965. The van der Waals surface area contributed by atoms with Crippen molar-refractivity contribution < 1.29 is 19.1 Å². The second kappa shape index (κ2) is 10.5. The zero-order valence-corrected chi connectivity index (χ0v) is 19.4. The average molecular weight is 441 g/mol. The van der Waals surface area contributed by atoms with Crippen LogP contribution < -0.4 is 4.74 Å². The van der Waals surface area contributed by atoms with Crippen molar-refractivity contribution in [1.82, 2.24) is 14.5 Å². The van der Waals surface area contributed by atoms with E-state index in [1.807, 2.05) is 68.1 Å². The normalized spacial score (nSPS) is 15.8. The number of methoxy groups -OCH3 is 2. The van der Waals surface area contributed by atoms with Crippen LogP contribution >= 0.6 is 0 Å². The van der Waals surface area contributed by atoms with Gasteiger partial charge in [-0.2, -0.15) is 5.10 Å². The molecule has 2 aromatic rings. The topological polar surface area (TPSA) is 76.4 Å². The van der Waals surface area contributed by atoms with Gasteiger partial charge in [-0.25, -0.2) is 5.01 Å². The molecule has 1 unspecified atom stereocenters. The highest BCUT2D eigenvalue weighted by Crippen LogP contribution is 2.33. The van der Waals surface area contributed by atoms with Crippen molar-refractivity contribution in [2.75, 3.05) is 33.9 Å². The molecule has 8 nitrogen and oxygen atoms in total. The summed E-state index contributed by atoms with van der Waals surface area (Å²) in [7, 11) is 5.16. The van der Waals surface area contributed by atoms with Crippen molar-refractivity contribution in [3.05, 3.63) is 53.9 Å². The van der Waals surface area contributed by atoms with Crippen molar-refractivity contribution in [2.24, 2.45) is 18.1 Å². The molecule has 1 aromatic heterocycles. The highest BCUT2D eigenvalue weighted by Gasteiger charge is 2.35. The predicted octanol–water partition coefficient (Wildman–Crippen LogP) is 2.84. The number of hydrazone groups is 1. The van der Waals surface area contributed by atoms with Crippen LogP contribution in [0.25, 0.3) is 0 Å². The summed E-state index contributed by atoms with van der Waals surface area (Å²) in [5.74, 6) is 0.238. The molecule has 0 saturated carbocycles. The number of nitrogens with zero attached hydrogens (tertiary/aromatic N) is 4. The Morgan fingerprint density at radius 1 is 1.19 bits per heavy atom. The molecule has 0 fully saturated rings. The van der Waals surface area contributed by atoms with E-state index < -0.39 is 0 Å². The Morgan fingerprint density at radius 2 is 1.91 bits per heavy atom. The first kappa shape index (κ1) is 23.5. The van der Waals surface area contributed by atoms with E-state index in [0.29, 0.717) is 19.6 Å². The third-order valence-electron chi connectivity index (χ3n) is 5.60. The number of carbonyl (C=O) groups excluding carboxylic acids is 2. The molecular weight excluding hydrogens is 408 g/mol. The molecule has 2 heterocycles. The van der Waals surface area contributed by atoms with E-state index in [2.05, 4.69) is 0 Å². The second-order valence-electron chi connectivity index (χ2n) is 8.19. The SMILES string of the molecule is COCCN(CC(=O)N1N=C(c2cccn2C)CC1c1ccc(OC)cc1)C(=O)C(C)C. The van der Waals surface area contributed by atoms with Gasteiger partial charge in [-0.15, -0.1) is 0 Å². The first-order chi connectivity index (χ1) is 15.3. The van der Waals surface area contributed by atoms with Gasteiger partial charge in [0.1, 0.15) is 12.3 Å². The van der Waals surface area contributed by atoms with Gasteiger partial charge in [0, 0.05) is 39.2 Å². The number of hydrogen-bond acceptors (Lipinski definition) is 5. The number of hydrogen-bond donors (Lipinski definition) is 0. The average Bonchev–Trinajstić information content (AvgIpc) is 3.42. The van der Waals surface area contributed by atoms with Crippen molar-refractivity contribution in [2.45, 2.75) is 26.3 Å². The van der Waals surface area contributed by atoms with Crippen LogP contribution in [-0.2, 0) is 21.4 Å². The Balaban J connectivity index is 1.89. The van der Waals surface area contributed by atoms with Crippen LogP contribution in [0.4, 0.5) is 0 Å². The molecule has 0 N–H and O–H groups in total. The molecule has 0 aliphatic carbocycles. The summed E-state index contributed by atoms with van der Waals surface area (Å²) >= 11 is 0. The van der Waals surface area contributed by atoms with Crippen LogP contribution in [0.2, 0.25) is 0 Å². The lowest BCUT2D eigenvalue weighted by Gasteiger charge is -2.28. The van der Waals surface area contributed by atoms with Crippen LogP contribution in [0, 0.1) is 5.92 Å². The van der Waals surface area contributed by atoms with Gasteiger partial charge in [0.05, 0.1) is 31.2 Å². The van der Waals surface area contributed by atoms with Crippen LogP contribution in [-0.4, -0.2) is 65.9 Å². The molecule has 8 heteroatoms. The maximum absolute atomic E-state index is 13.4. The molecule has 0 bridgehead atoms. The fourth-order valence-corrected chi connectivity index (χ4v) is 3.81. The zero-order chi connectivity index (χ0) is 23.3. The fraction of sp³-hybridized carbons (Fsp3) is 0.458. The fourth-order valence-electron chi connectivity index (χ4n) is 3.81. The van der Waals surface area contributed by atoms with E-state index in [1.165, 1.54) is 5.01 Å². The summed E-state index contributed by atoms with van der Waals surface area (Å²) in [6.07, 6.45) is 2.55. The molecule has 2 amide bonds. The Labute approximate surface area is 189 Å². The Morgan fingerprint density at radius 3 is 2.47 bits per heavy atom. The highest BCUT2D eigenvalue weighted by atomic mass is 16.5. The smallest absolute Gasteiger partial charge is 0.262 e. The number of aryl methyl sites for hydroxylation is 1.